The monoisotopic (exact) mass is 232 g/mol. The van der Waals surface area contributed by atoms with E-state index >= 15 is 0 Å². The second kappa shape index (κ2) is 4.05. The average molecular weight is 232 g/mol. The molecule has 0 atom stereocenters. The van der Waals surface area contributed by atoms with Crippen LogP contribution in [0.5, 0.6) is 0 Å². The maximum atomic E-state index is 11.9. The molecule has 0 unspecified atom stereocenters. The van der Waals surface area contributed by atoms with E-state index in [0.29, 0.717) is 0 Å². The number of anilines is 1. The summed E-state index contributed by atoms with van der Waals surface area (Å²) in [5.41, 5.74) is 5.76. The van der Waals surface area contributed by atoms with Gasteiger partial charge in [0.15, 0.2) is 5.78 Å². The van der Waals surface area contributed by atoms with E-state index < -0.39 is 10.7 Å². The number of non-ortho nitro benzene ring substituents is 1. The van der Waals surface area contributed by atoms with E-state index in [1.165, 1.54) is 30.5 Å². The third-order valence-electron chi connectivity index (χ3n) is 2.23. The van der Waals surface area contributed by atoms with Gasteiger partial charge in [0.05, 0.1) is 16.7 Å². The molecule has 0 aliphatic carbocycles. The SMILES string of the molecule is Nc1[nH]ncc1C(=O)c1cccc([N+](=O)[O-])c1. The van der Waals surface area contributed by atoms with Gasteiger partial charge in [-0.25, -0.2) is 0 Å². The zero-order valence-electron chi connectivity index (χ0n) is 8.58. The number of benzene rings is 1. The molecule has 0 spiro atoms. The molecular weight excluding hydrogens is 224 g/mol. The number of ketones is 1. The summed E-state index contributed by atoms with van der Waals surface area (Å²) < 4.78 is 0. The molecule has 0 aliphatic heterocycles. The topological polar surface area (TPSA) is 115 Å². The normalized spacial score (nSPS) is 10.1. The molecule has 1 heterocycles. The van der Waals surface area contributed by atoms with Crippen molar-refractivity contribution in [2.75, 3.05) is 5.73 Å². The van der Waals surface area contributed by atoms with E-state index in [1.807, 2.05) is 0 Å². The molecule has 86 valence electrons. The number of rotatable bonds is 3. The Morgan fingerprint density at radius 2 is 2.24 bits per heavy atom. The van der Waals surface area contributed by atoms with Crippen LogP contribution in [0.1, 0.15) is 15.9 Å². The summed E-state index contributed by atoms with van der Waals surface area (Å²) >= 11 is 0. The number of aromatic amines is 1. The van der Waals surface area contributed by atoms with Gasteiger partial charge in [-0.05, 0) is 0 Å². The Balaban J connectivity index is 2.41. The minimum atomic E-state index is -0.560. The number of hydrogen-bond acceptors (Lipinski definition) is 5. The maximum absolute atomic E-state index is 11.9. The number of carbonyl (C=O) groups excluding carboxylic acids is 1. The molecule has 2 rings (SSSR count). The van der Waals surface area contributed by atoms with Crippen LogP contribution in [0.25, 0.3) is 0 Å². The van der Waals surface area contributed by atoms with Crippen LogP contribution in [0.3, 0.4) is 0 Å². The van der Waals surface area contributed by atoms with Gasteiger partial charge in [0, 0.05) is 17.7 Å². The number of H-pyrrole nitrogens is 1. The van der Waals surface area contributed by atoms with Crippen LogP contribution in [0.2, 0.25) is 0 Å². The Morgan fingerprint density at radius 1 is 1.47 bits per heavy atom. The minimum Gasteiger partial charge on any atom is -0.383 e. The van der Waals surface area contributed by atoms with Gasteiger partial charge in [-0.2, -0.15) is 5.10 Å². The number of hydrogen-bond donors (Lipinski definition) is 2. The van der Waals surface area contributed by atoms with Gasteiger partial charge in [-0.1, -0.05) is 12.1 Å². The molecule has 0 bridgehead atoms. The van der Waals surface area contributed by atoms with Gasteiger partial charge in [0.1, 0.15) is 5.82 Å². The second-order valence-electron chi connectivity index (χ2n) is 3.33. The lowest BCUT2D eigenvalue weighted by molar-refractivity contribution is -0.384. The highest BCUT2D eigenvalue weighted by Gasteiger charge is 2.16. The lowest BCUT2D eigenvalue weighted by Gasteiger charge is -1.99. The zero-order valence-corrected chi connectivity index (χ0v) is 8.58. The highest BCUT2D eigenvalue weighted by molar-refractivity contribution is 6.11. The molecule has 7 nitrogen and oxygen atoms in total. The number of aromatic nitrogens is 2. The Hall–Kier alpha value is -2.70. The molecule has 0 fully saturated rings. The van der Waals surface area contributed by atoms with Crippen LogP contribution in [0.15, 0.2) is 30.5 Å². The van der Waals surface area contributed by atoms with E-state index in [2.05, 4.69) is 10.2 Å². The largest absolute Gasteiger partial charge is 0.383 e. The van der Waals surface area contributed by atoms with Crippen molar-refractivity contribution in [3.8, 4) is 0 Å². The summed E-state index contributed by atoms with van der Waals surface area (Å²) in [6.45, 7) is 0. The first-order valence-electron chi connectivity index (χ1n) is 4.67. The number of nitrogens with zero attached hydrogens (tertiary/aromatic N) is 2. The molecule has 0 aliphatic rings. The number of nitro groups is 1. The van der Waals surface area contributed by atoms with E-state index in [0.717, 1.165) is 0 Å². The van der Waals surface area contributed by atoms with E-state index in [4.69, 9.17) is 5.73 Å². The van der Waals surface area contributed by atoms with Crippen molar-refractivity contribution < 1.29 is 9.72 Å². The van der Waals surface area contributed by atoms with Crippen molar-refractivity contribution in [1.82, 2.24) is 10.2 Å². The van der Waals surface area contributed by atoms with Crippen molar-refractivity contribution in [2.24, 2.45) is 0 Å². The number of nitrogen functional groups attached to an aromatic ring is 1. The summed E-state index contributed by atoms with van der Waals surface area (Å²) in [5, 5.41) is 16.6. The Bertz CT molecular complexity index is 591. The van der Waals surface area contributed by atoms with Crippen LogP contribution in [-0.4, -0.2) is 20.9 Å². The Morgan fingerprint density at radius 3 is 2.82 bits per heavy atom. The summed E-state index contributed by atoms with van der Waals surface area (Å²) in [5.74, 6) is -0.263. The van der Waals surface area contributed by atoms with Gasteiger partial charge in [0.2, 0.25) is 0 Å². The molecule has 0 radical (unpaired) electrons. The quantitative estimate of drug-likeness (QED) is 0.467. The zero-order chi connectivity index (χ0) is 12.4. The van der Waals surface area contributed by atoms with Crippen molar-refractivity contribution in [2.45, 2.75) is 0 Å². The first-order chi connectivity index (χ1) is 8.09. The molecule has 17 heavy (non-hydrogen) atoms. The smallest absolute Gasteiger partial charge is 0.270 e. The fourth-order valence-corrected chi connectivity index (χ4v) is 1.39. The van der Waals surface area contributed by atoms with Crippen LogP contribution in [-0.2, 0) is 0 Å². The fraction of sp³-hybridized carbons (Fsp3) is 0. The lowest BCUT2D eigenvalue weighted by atomic mass is 10.1. The Labute approximate surface area is 95.4 Å². The summed E-state index contributed by atoms with van der Waals surface area (Å²) in [4.78, 5) is 22.0. The molecule has 0 saturated carbocycles. The third-order valence-corrected chi connectivity index (χ3v) is 2.23. The molecule has 3 N–H and O–H groups in total. The van der Waals surface area contributed by atoms with Crippen LogP contribution >= 0.6 is 0 Å². The van der Waals surface area contributed by atoms with Crippen LogP contribution < -0.4 is 5.73 Å². The average Bonchev–Trinajstić information content (AvgIpc) is 2.74. The minimum absolute atomic E-state index is 0.140. The van der Waals surface area contributed by atoms with Gasteiger partial charge in [-0.3, -0.25) is 20.0 Å². The van der Waals surface area contributed by atoms with Gasteiger partial charge in [-0.15, -0.1) is 0 Å². The van der Waals surface area contributed by atoms with E-state index in [1.54, 1.807) is 0 Å². The third kappa shape index (κ3) is 1.98. The molecule has 1 aromatic carbocycles. The summed E-state index contributed by atoms with van der Waals surface area (Å²) in [6.07, 6.45) is 1.29. The summed E-state index contributed by atoms with van der Waals surface area (Å²) in [6, 6.07) is 5.45. The number of carbonyl (C=O) groups is 1. The predicted octanol–water partition coefficient (Wildman–Crippen LogP) is 1.13. The molecule has 7 heteroatoms. The van der Waals surface area contributed by atoms with Crippen LogP contribution in [0, 0.1) is 10.1 Å². The van der Waals surface area contributed by atoms with Crippen molar-refractivity contribution in [1.29, 1.82) is 0 Å². The standard InChI is InChI=1S/C10H8N4O3/c11-10-8(5-12-13-10)9(15)6-2-1-3-7(4-6)14(16)17/h1-5H,(H3,11,12,13). The highest BCUT2D eigenvalue weighted by Crippen LogP contribution is 2.18. The summed E-state index contributed by atoms with van der Waals surface area (Å²) in [7, 11) is 0. The molecular formula is C10H8N4O3. The van der Waals surface area contributed by atoms with Gasteiger partial charge < -0.3 is 5.73 Å². The molecule has 0 amide bonds. The number of nitrogens with two attached hydrogens (primary N) is 1. The molecule has 0 saturated heterocycles. The van der Waals surface area contributed by atoms with Crippen molar-refractivity contribution in [3.05, 3.63) is 51.7 Å². The van der Waals surface area contributed by atoms with Crippen LogP contribution in [0.4, 0.5) is 11.5 Å². The first kappa shape index (κ1) is 10.8. The Kier molecular flexibility index (Phi) is 2.57. The fourth-order valence-electron chi connectivity index (χ4n) is 1.39. The van der Waals surface area contributed by atoms with Crippen molar-refractivity contribution >= 4 is 17.3 Å². The number of nitrogens with one attached hydrogen (secondary N) is 1. The van der Waals surface area contributed by atoms with Gasteiger partial charge in [0.25, 0.3) is 5.69 Å². The first-order valence-corrected chi connectivity index (χ1v) is 4.67. The maximum Gasteiger partial charge on any atom is 0.270 e. The van der Waals surface area contributed by atoms with E-state index in [-0.39, 0.29) is 22.6 Å². The number of nitro benzene ring substituents is 1. The van der Waals surface area contributed by atoms with Crippen molar-refractivity contribution in [3.63, 3.8) is 0 Å². The van der Waals surface area contributed by atoms with Gasteiger partial charge >= 0.3 is 0 Å². The highest BCUT2D eigenvalue weighted by atomic mass is 16.6. The second-order valence-corrected chi connectivity index (χ2v) is 3.33. The molecule has 1 aromatic heterocycles. The van der Waals surface area contributed by atoms with E-state index in [9.17, 15) is 14.9 Å². The predicted molar refractivity (Wildman–Crippen MR) is 59.5 cm³/mol. The molecule has 2 aromatic rings. The lowest BCUT2D eigenvalue weighted by Crippen LogP contribution is -2.04.